The Labute approximate surface area is 171 Å². The number of carbonyl (C=O) groups is 1. The van der Waals surface area contributed by atoms with Gasteiger partial charge in [0.2, 0.25) is 0 Å². The average Bonchev–Trinajstić information content (AvgIpc) is 3.00. The number of amides is 1. The zero-order valence-corrected chi connectivity index (χ0v) is 17.8. The molecular weight excluding hydrogens is 393 g/mol. The normalized spacial score (nSPS) is 11.2. The molecule has 1 aromatic carbocycles. The minimum Gasteiger partial charge on any atom is -0.375 e. The van der Waals surface area contributed by atoms with Gasteiger partial charge in [-0.1, -0.05) is 30.3 Å². The fourth-order valence-electron chi connectivity index (χ4n) is 2.41. The summed E-state index contributed by atoms with van der Waals surface area (Å²) in [6, 6.07) is 10.2. The molecule has 2 rings (SSSR count). The van der Waals surface area contributed by atoms with E-state index in [0.29, 0.717) is 24.5 Å². The Morgan fingerprint density at radius 3 is 2.50 bits per heavy atom. The monoisotopic (exact) mass is 419 g/mol. The van der Waals surface area contributed by atoms with E-state index < -0.39 is 0 Å². The van der Waals surface area contributed by atoms with Crippen molar-refractivity contribution in [3.05, 3.63) is 51.5 Å². The summed E-state index contributed by atoms with van der Waals surface area (Å²) < 4.78 is 5.30. The molecule has 2 N–H and O–H groups in total. The quantitative estimate of drug-likeness (QED) is 0.708. The van der Waals surface area contributed by atoms with Gasteiger partial charge < -0.3 is 15.4 Å². The molecule has 146 valence electrons. The van der Waals surface area contributed by atoms with Gasteiger partial charge in [0, 0.05) is 26.7 Å². The van der Waals surface area contributed by atoms with Gasteiger partial charge in [-0.15, -0.1) is 36.2 Å². The van der Waals surface area contributed by atoms with Crippen molar-refractivity contribution in [2.24, 2.45) is 5.73 Å². The van der Waals surface area contributed by atoms with Gasteiger partial charge in [0.05, 0.1) is 5.69 Å². The van der Waals surface area contributed by atoms with Crippen LogP contribution in [-0.2, 0) is 11.2 Å². The molecule has 0 saturated heterocycles. The summed E-state index contributed by atoms with van der Waals surface area (Å²) in [7, 11) is 1.64. The molecule has 8 heteroatoms. The first-order valence-electron chi connectivity index (χ1n) is 8.10. The molecule has 0 aliphatic rings. The van der Waals surface area contributed by atoms with Crippen molar-refractivity contribution in [2.45, 2.75) is 26.4 Å². The van der Waals surface area contributed by atoms with Crippen molar-refractivity contribution in [2.75, 3.05) is 26.7 Å². The van der Waals surface area contributed by atoms with Crippen LogP contribution in [0.2, 0.25) is 0 Å². The molecule has 1 aromatic heterocycles. The third-order valence-electron chi connectivity index (χ3n) is 3.91. The van der Waals surface area contributed by atoms with Crippen LogP contribution < -0.4 is 5.73 Å². The topological polar surface area (TPSA) is 68.5 Å². The number of halogens is 2. The number of nitrogens with two attached hydrogens (primary N) is 1. The highest BCUT2D eigenvalue weighted by molar-refractivity contribution is 7.13. The van der Waals surface area contributed by atoms with Crippen LogP contribution in [0.4, 0.5) is 0 Å². The SMILES string of the molecule is COC(C)c1nc(C)c(C(=O)N(CCN)CCc2ccccc2)s1.Cl.Cl. The first kappa shape index (κ1) is 24.8. The first-order chi connectivity index (χ1) is 11.6. The maximum atomic E-state index is 12.9. The second-order valence-corrected chi connectivity index (χ2v) is 6.69. The summed E-state index contributed by atoms with van der Waals surface area (Å²) in [5.74, 6) is 0.000865. The van der Waals surface area contributed by atoms with Crippen molar-refractivity contribution in [3.8, 4) is 0 Å². The van der Waals surface area contributed by atoms with Crippen molar-refractivity contribution in [1.82, 2.24) is 9.88 Å². The fourth-order valence-corrected chi connectivity index (χ4v) is 3.48. The number of rotatable bonds is 8. The number of methoxy groups -OCH3 is 1. The van der Waals surface area contributed by atoms with E-state index in [4.69, 9.17) is 10.5 Å². The van der Waals surface area contributed by atoms with Crippen LogP contribution in [0.5, 0.6) is 0 Å². The number of aromatic nitrogens is 1. The molecule has 26 heavy (non-hydrogen) atoms. The van der Waals surface area contributed by atoms with Gasteiger partial charge in [0.1, 0.15) is 16.0 Å². The predicted octanol–water partition coefficient (Wildman–Crippen LogP) is 3.65. The molecule has 1 unspecified atom stereocenters. The van der Waals surface area contributed by atoms with E-state index in [0.717, 1.165) is 17.1 Å². The Morgan fingerprint density at radius 1 is 1.27 bits per heavy atom. The predicted molar refractivity (Wildman–Crippen MR) is 112 cm³/mol. The van der Waals surface area contributed by atoms with Crippen LogP contribution in [0, 0.1) is 6.92 Å². The van der Waals surface area contributed by atoms with E-state index in [-0.39, 0.29) is 36.8 Å². The number of aryl methyl sites for hydroxylation is 1. The number of carbonyl (C=O) groups excluding carboxylic acids is 1. The van der Waals surface area contributed by atoms with Gasteiger partial charge in [-0.25, -0.2) is 4.98 Å². The van der Waals surface area contributed by atoms with Crippen LogP contribution in [-0.4, -0.2) is 42.5 Å². The number of ether oxygens (including phenoxy) is 1. The number of nitrogens with zero attached hydrogens (tertiary/aromatic N) is 2. The third kappa shape index (κ3) is 6.52. The molecule has 0 fully saturated rings. The first-order valence-corrected chi connectivity index (χ1v) is 8.91. The summed E-state index contributed by atoms with van der Waals surface area (Å²) >= 11 is 1.41. The van der Waals surface area contributed by atoms with E-state index in [1.165, 1.54) is 16.9 Å². The Hall–Kier alpha value is -1.18. The summed E-state index contributed by atoms with van der Waals surface area (Å²) in [6.45, 7) is 5.43. The molecule has 1 heterocycles. The molecular formula is C18H27Cl2N3O2S. The summed E-state index contributed by atoms with van der Waals surface area (Å²) in [5.41, 5.74) is 7.67. The van der Waals surface area contributed by atoms with Crippen molar-refractivity contribution in [1.29, 1.82) is 0 Å². The van der Waals surface area contributed by atoms with Crippen LogP contribution in [0.15, 0.2) is 30.3 Å². The van der Waals surface area contributed by atoms with Gasteiger partial charge >= 0.3 is 0 Å². The Morgan fingerprint density at radius 2 is 1.92 bits per heavy atom. The number of benzene rings is 1. The molecule has 1 atom stereocenters. The van der Waals surface area contributed by atoms with Gasteiger partial charge in [0.25, 0.3) is 5.91 Å². The highest BCUT2D eigenvalue weighted by Crippen LogP contribution is 2.26. The highest BCUT2D eigenvalue weighted by Gasteiger charge is 2.22. The van der Waals surface area contributed by atoms with E-state index in [2.05, 4.69) is 17.1 Å². The van der Waals surface area contributed by atoms with Crippen molar-refractivity contribution < 1.29 is 9.53 Å². The summed E-state index contributed by atoms with van der Waals surface area (Å²) in [6.07, 6.45) is 0.703. The van der Waals surface area contributed by atoms with Crippen molar-refractivity contribution >= 4 is 42.1 Å². The van der Waals surface area contributed by atoms with E-state index >= 15 is 0 Å². The molecule has 0 bridgehead atoms. The van der Waals surface area contributed by atoms with Gasteiger partial charge in [-0.05, 0) is 25.8 Å². The largest absolute Gasteiger partial charge is 0.375 e. The zero-order chi connectivity index (χ0) is 17.5. The average molecular weight is 420 g/mol. The second-order valence-electron chi connectivity index (χ2n) is 5.66. The zero-order valence-electron chi connectivity index (χ0n) is 15.3. The standard InChI is InChI=1S/C18H25N3O2S.2ClH/c1-13-16(24-17(20-13)14(2)23-3)18(22)21(12-10-19)11-9-15-7-5-4-6-8-15;;/h4-8,14H,9-12,19H2,1-3H3;2*1H. The second kappa shape index (κ2) is 12.3. The molecule has 5 nitrogen and oxygen atoms in total. The van der Waals surface area contributed by atoms with E-state index in [9.17, 15) is 4.79 Å². The number of thiazole rings is 1. The lowest BCUT2D eigenvalue weighted by Crippen LogP contribution is -2.36. The van der Waals surface area contributed by atoms with Crippen LogP contribution in [0.25, 0.3) is 0 Å². The Balaban J connectivity index is 0.00000312. The minimum atomic E-state index is -0.109. The van der Waals surface area contributed by atoms with Crippen molar-refractivity contribution in [3.63, 3.8) is 0 Å². The van der Waals surface area contributed by atoms with Crippen LogP contribution in [0.1, 0.15) is 39.0 Å². The minimum absolute atomic E-state index is 0. The molecule has 2 aromatic rings. The molecule has 0 spiro atoms. The number of hydrogen-bond acceptors (Lipinski definition) is 5. The summed E-state index contributed by atoms with van der Waals surface area (Å²) in [5, 5.41) is 0.828. The molecule has 0 aliphatic heterocycles. The van der Waals surface area contributed by atoms with Gasteiger partial charge in [-0.2, -0.15) is 0 Å². The lowest BCUT2D eigenvalue weighted by Gasteiger charge is -2.21. The fraction of sp³-hybridized carbons (Fsp3) is 0.444. The summed E-state index contributed by atoms with van der Waals surface area (Å²) in [4.78, 5) is 19.9. The third-order valence-corrected chi connectivity index (χ3v) is 5.21. The lowest BCUT2D eigenvalue weighted by atomic mass is 10.1. The molecule has 0 aliphatic carbocycles. The Kier molecular flexibility index (Phi) is 11.7. The maximum absolute atomic E-state index is 12.9. The maximum Gasteiger partial charge on any atom is 0.265 e. The molecule has 1 amide bonds. The number of hydrogen-bond donors (Lipinski definition) is 1. The molecule has 0 saturated carbocycles. The molecule has 0 radical (unpaired) electrons. The Bertz CT molecular complexity index is 668. The van der Waals surface area contributed by atoms with Gasteiger partial charge in [-0.3, -0.25) is 4.79 Å². The van der Waals surface area contributed by atoms with Crippen LogP contribution in [0.3, 0.4) is 0 Å². The van der Waals surface area contributed by atoms with Crippen LogP contribution >= 0.6 is 36.2 Å². The van der Waals surface area contributed by atoms with E-state index in [1.807, 2.05) is 36.9 Å². The van der Waals surface area contributed by atoms with E-state index in [1.54, 1.807) is 7.11 Å². The smallest absolute Gasteiger partial charge is 0.265 e. The lowest BCUT2D eigenvalue weighted by molar-refractivity contribution is 0.0766. The van der Waals surface area contributed by atoms with Gasteiger partial charge in [0.15, 0.2) is 0 Å². The highest BCUT2D eigenvalue weighted by atomic mass is 35.5.